The maximum atomic E-state index is 2.52. The van der Waals surface area contributed by atoms with Gasteiger partial charge in [-0.1, -0.05) is 212 Å². The van der Waals surface area contributed by atoms with Gasteiger partial charge in [-0.2, -0.15) is 0 Å². The number of hydrogen-bond acceptors (Lipinski definition) is 2. The van der Waals surface area contributed by atoms with Crippen molar-refractivity contribution in [1.82, 2.24) is 0 Å². The molecular formula is C59H39NS. The van der Waals surface area contributed by atoms with Gasteiger partial charge in [-0.15, -0.1) is 0 Å². The van der Waals surface area contributed by atoms with Crippen LogP contribution in [-0.2, 0) is 5.41 Å². The molecule has 0 unspecified atom stereocenters. The van der Waals surface area contributed by atoms with Crippen LogP contribution in [0.4, 0.5) is 17.1 Å². The van der Waals surface area contributed by atoms with E-state index >= 15 is 0 Å². The average molecular weight is 794 g/mol. The minimum absolute atomic E-state index is 0.539. The van der Waals surface area contributed by atoms with Crippen LogP contribution in [0.15, 0.2) is 246 Å². The molecule has 0 aromatic heterocycles. The van der Waals surface area contributed by atoms with Crippen LogP contribution in [0.5, 0.6) is 0 Å². The molecule has 1 nitrogen and oxygen atoms in total. The van der Waals surface area contributed by atoms with Gasteiger partial charge in [0.2, 0.25) is 0 Å². The summed E-state index contributed by atoms with van der Waals surface area (Å²) in [6.45, 7) is 0. The third-order valence-corrected chi connectivity index (χ3v) is 13.9. The molecule has 0 saturated heterocycles. The second kappa shape index (κ2) is 14.4. The average Bonchev–Trinajstić information content (AvgIpc) is 3.63. The molecule has 1 heterocycles. The maximum Gasteiger partial charge on any atom is 0.0742 e. The first-order valence-electron chi connectivity index (χ1n) is 21.0. The van der Waals surface area contributed by atoms with Crippen LogP contribution in [0.2, 0.25) is 0 Å². The van der Waals surface area contributed by atoms with Crippen molar-refractivity contribution in [3.8, 4) is 44.5 Å². The topological polar surface area (TPSA) is 3.24 Å². The quantitative estimate of drug-likeness (QED) is 0.165. The molecule has 61 heavy (non-hydrogen) atoms. The molecule has 1 spiro atoms. The van der Waals surface area contributed by atoms with E-state index < -0.39 is 5.41 Å². The Kier molecular flexibility index (Phi) is 8.40. The van der Waals surface area contributed by atoms with E-state index in [1.807, 2.05) is 11.8 Å². The van der Waals surface area contributed by atoms with E-state index in [1.165, 1.54) is 87.3 Å². The number of nitrogens with zero attached hydrogens (tertiary/aromatic N) is 1. The monoisotopic (exact) mass is 793 g/mol. The van der Waals surface area contributed by atoms with Crippen molar-refractivity contribution in [2.75, 3.05) is 4.90 Å². The highest BCUT2D eigenvalue weighted by molar-refractivity contribution is 7.99. The fourth-order valence-electron chi connectivity index (χ4n) is 10.1. The zero-order chi connectivity index (χ0) is 40.3. The predicted octanol–water partition coefficient (Wildman–Crippen LogP) is 16.1. The summed E-state index contributed by atoms with van der Waals surface area (Å²) < 4.78 is 0. The van der Waals surface area contributed by atoms with Gasteiger partial charge in [-0.25, -0.2) is 0 Å². The van der Waals surface area contributed by atoms with E-state index in [0.717, 1.165) is 17.1 Å². The van der Waals surface area contributed by atoms with Crippen LogP contribution in [0.25, 0.3) is 55.3 Å². The zero-order valence-electron chi connectivity index (χ0n) is 33.4. The Morgan fingerprint density at radius 3 is 1.57 bits per heavy atom. The highest BCUT2D eigenvalue weighted by Gasteiger charge is 2.51. The van der Waals surface area contributed by atoms with Crippen LogP contribution in [-0.4, -0.2) is 0 Å². The molecule has 0 amide bonds. The van der Waals surface area contributed by atoms with E-state index in [2.05, 4.69) is 241 Å². The molecule has 2 heteroatoms. The standard InChI is InChI=1S/C59H39NS/c1-4-17-40(18-5-1)42-31-35-46(36-32-42)60(54-37-33-45(41-19-6-2-7-20-41)39-50(54)43-21-8-3-9-22-43)55-30-16-29-53-58(55)61-56-38-34-44-23-10-11-24-47(44)57(56)59(53)51-27-14-12-25-48(51)49-26-13-15-28-52(49)59/h1-39H. The van der Waals surface area contributed by atoms with Crippen LogP contribution in [0.1, 0.15) is 22.3 Å². The summed E-state index contributed by atoms with van der Waals surface area (Å²) in [5.74, 6) is 0. The van der Waals surface area contributed by atoms with Gasteiger partial charge < -0.3 is 4.90 Å². The van der Waals surface area contributed by atoms with Gasteiger partial charge in [0.05, 0.1) is 16.8 Å². The summed E-state index contributed by atoms with van der Waals surface area (Å²) in [6.07, 6.45) is 0. The molecule has 0 radical (unpaired) electrons. The molecule has 286 valence electrons. The third kappa shape index (κ3) is 5.57. The van der Waals surface area contributed by atoms with Crippen LogP contribution < -0.4 is 4.90 Å². The van der Waals surface area contributed by atoms with Crippen molar-refractivity contribution < 1.29 is 0 Å². The fraction of sp³-hybridized carbons (Fsp3) is 0.0169. The van der Waals surface area contributed by atoms with Crippen molar-refractivity contribution in [2.24, 2.45) is 0 Å². The lowest BCUT2D eigenvalue weighted by atomic mass is 9.66. The minimum atomic E-state index is -0.539. The van der Waals surface area contributed by atoms with Crippen LogP contribution >= 0.6 is 11.8 Å². The second-order valence-corrected chi connectivity index (χ2v) is 17.0. The van der Waals surface area contributed by atoms with Crippen molar-refractivity contribution in [1.29, 1.82) is 0 Å². The van der Waals surface area contributed by atoms with Crippen LogP contribution in [0.3, 0.4) is 0 Å². The fourth-order valence-corrected chi connectivity index (χ4v) is 11.4. The summed E-state index contributed by atoms with van der Waals surface area (Å²) in [5, 5.41) is 2.56. The Morgan fingerprint density at radius 1 is 0.344 bits per heavy atom. The number of anilines is 3. The molecule has 0 bridgehead atoms. The minimum Gasteiger partial charge on any atom is -0.309 e. The summed E-state index contributed by atoms with van der Waals surface area (Å²) >= 11 is 1.91. The Morgan fingerprint density at radius 2 is 0.885 bits per heavy atom. The molecule has 0 N–H and O–H groups in total. The second-order valence-electron chi connectivity index (χ2n) is 16.0. The van der Waals surface area contributed by atoms with E-state index in [9.17, 15) is 0 Å². The molecular weight excluding hydrogens is 755 g/mol. The predicted molar refractivity (Wildman–Crippen MR) is 256 cm³/mol. The van der Waals surface area contributed by atoms with Gasteiger partial charge in [-0.05, 0) is 108 Å². The van der Waals surface area contributed by atoms with Gasteiger partial charge in [-0.3, -0.25) is 0 Å². The molecule has 0 fully saturated rings. The van der Waals surface area contributed by atoms with Gasteiger partial charge in [0.15, 0.2) is 0 Å². The molecule has 1 aliphatic heterocycles. The number of rotatable bonds is 6. The van der Waals surface area contributed by atoms with Crippen molar-refractivity contribution in [3.05, 3.63) is 259 Å². The highest BCUT2D eigenvalue weighted by Crippen LogP contribution is 2.65. The Hall–Kier alpha value is -7.39. The lowest BCUT2D eigenvalue weighted by molar-refractivity contribution is 0.730. The lowest BCUT2D eigenvalue weighted by Crippen LogP contribution is -2.33. The van der Waals surface area contributed by atoms with Gasteiger partial charge in [0.25, 0.3) is 0 Å². The summed E-state index contributed by atoms with van der Waals surface area (Å²) in [5.41, 5.74) is 17.9. The Bertz CT molecular complexity index is 3220. The van der Waals surface area contributed by atoms with E-state index in [0.29, 0.717) is 0 Å². The van der Waals surface area contributed by atoms with Gasteiger partial charge in [0, 0.05) is 21.0 Å². The molecule has 10 aromatic carbocycles. The highest BCUT2D eigenvalue weighted by atomic mass is 32.2. The molecule has 1 aliphatic carbocycles. The molecule has 10 aromatic rings. The van der Waals surface area contributed by atoms with E-state index in [-0.39, 0.29) is 0 Å². The van der Waals surface area contributed by atoms with Gasteiger partial charge in [0.1, 0.15) is 0 Å². The van der Waals surface area contributed by atoms with E-state index in [1.54, 1.807) is 0 Å². The maximum absolute atomic E-state index is 2.52. The summed E-state index contributed by atoms with van der Waals surface area (Å²) in [4.78, 5) is 5.06. The first kappa shape index (κ1) is 35.5. The number of fused-ring (bicyclic) bond motifs is 11. The first-order chi connectivity index (χ1) is 30.3. The third-order valence-electron chi connectivity index (χ3n) is 12.7. The van der Waals surface area contributed by atoms with Crippen LogP contribution in [0, 0.1) is 0 Å². The number of benzene rings is 10. The summed E-state index contributed by atoms with van der Waals surface area (Å²) in [7, 11) is 0. The molecule has 0 atom stereocenters. The largest absolute Gasteiger partial charge is 0.309 e. The van der Waals surface area contributed by atoms with E-state index in [4.69, 9.17) is 0 Å². The Labute approximate surface area is 361 Å². The molecule has 12 rings (SSSR count). The number of hydrogen-bond donors (Lipinski definition) is 0. The molecule has 2 aliphatic rings. The Balaban J connectivity index is 1.17. The normalized spacial score (nSPS) is 13.0. The van der Waals surface area contributed by atoms with Crippen molar-refractivity contribution in [3.63, 3.8) is 0 Å². The smallest absolute Gasteiger partial charge is 0.0742 e. The zero-order valence-corrected chi connectivity index (χ0v) is 34.2. The lowest BCUT2D eigenvalue weighted by Gasteiger charge is -2.42. The SMILES string of the molecule is c1ccc(-c2ccc(N(c3ccc(-c4ccccc4)cc3-c3ccccc3)c3cccc4c3Sc3ccc5ccccc5c3C43c4ccccc4-c4ccccc43)cc2)cc1. The first-order valence-corrected chi connectivity index (χ1v) is 21.8. The van der Waals surface area contributed by atoms with Crippen molar-refractivity contribution >= 4 is 39.6 Å². The van der Waals surface area contributed by atoms with Crippen molar-refractivity contribution in [2.45, 2.75) is 15.2 Å². The molecule has 0 saturated carbocycles. The summed E-state index contributed by atoms with van der Waals surface area (Å²) in [6, 6.07) is 87.3. The van der Waals surface area contributed by atoms with Gasteiger partial charge >= 0.3 is 0 Å².